The molecule has 2 heterocycles. The third kappa shape index (κ3) is 4.40. The van der Waals surface area contributed by atoms with E-state index < -0.39 is 0 Å². The molecule has 0 radical (unpaired) electrons. The number of aryl methyl sites for hydroxylation is 1. The van der Waals surface area contributed by atoms with Gasteiger partial charge in [-0.15, -0.1) is 0 Å². The van der Waals surface area contributed by atoms with Crippen LogP contribution in [0.2, 0.25) is 0 Å². The number of ether oxygens (including phenoxy) is 1. The molecule has 0 bridgehead atoms. The van der Waals surface area contributed by atoms with Gasteiger partial charge in [0.05, 0.1) is 0 Å². The van der Waals surface area contributed by atoms with Gasteiger partial charge in [0, 0.05) is 17.8 Å². The highest BCUT2D eigenvalue weighted by Crippen LogP contribution is 2.24. The van der Waals surface area contributed by atoms with Gasteiger partial charge in [0.2, 0.25) is 0 Å². The summed E-state index contributed by atoms with van der Waals surface area (Å²) in [5, 5.41) is 10.2. The van der Waals surface area contributed by atoms with E-state index in [4.69, 9.17) is 9.26 Å². The summed E-state index contributed by atoms with van der Waals surface area (Å²) in [4.78, 5) is 8.42. The molecule has 0 aliphatic rings. The van der Waals surface area contributed by atoms with Crippen molar-refractivity contribution >= 4 is 23.1 Å². The molecule has 4 rings (SSSR count). The highest BCUT2D eigenvalue weighted by molar-refractivity contribution is 5.62. The standard InChI is InChI=1S/C20H17N5O2/c1-14-11-20(25-27-14)24-19-12-18(21-13-22-19)23-15-7-9-17(10-8-15)26-16-5-3-2-4-6-16/h2-13H,1H3,(H2,21,22,23,24,25). The summed E-state index contributed by atoms with van der Waals surface area (Å²) in [6, 6.07) is 20.9. The molecule has 0 fully saturated rings. The van der Waals surface area contributed by atoms with Crippen LogP contribution in [0.4, 0.5) is 23.1 Å². The van der Waals surface area contributed by atoms with Gasteiger partial charge in [0.25, 0.3) is 0 Å². The van der Waals surface area contributed by atoms with E-state index in [9.17, 15) is 0 Å². The second-order valence-corrected chi connectivity index (χ2v) is 5.80. The Morgan fingerprint density at radius 1 is 0.778 bits per heavy atom. The Morgan fingerprint density at radius 3 is 2.19 bits per heavy atom. The van der Waals surface area contributed by atoms with E-state index in [0.29, 0.717) is 17.5 Å². The van der Waals surface area contributed by atoms with Gasteiger partial charge in [-0.05, 0) is 43.3 Å². The first-order chi connectivity index (χ1) is 13.2. The van der Waals surface area contributed by atoms with Crippen molar-refractivity contribution in [3.63, 3.8) is 0 Å². The first-order valence-electron chi connectivity index (χ1n) is 8.37. The Hall–Kier alpha value is -3.87. The van der Waals surface area contributed by atoms with Gasteiger partial charge in [-0.25, -0.2) is 9.97 Å². The van der Waals surface area contributed by atoms with E-state index in [1.807, 2.05) is 61.5 Å². The Kier molecular flexibility index (Phi) is 4.65. The first-order valence-corrected chi connectivity index (χ1v) is 8.37. The highest BCUT2D eigenvalue weighted by atomic mass is 16.5. The van der Waals surface area contributed by atoms with Crippen molar-refractivity contribution in [2.24, 2.45) is 0 Å². The average molecular weight is 359 g/mol. The number of hydrogen-bond acceptors (Lipinski definition) is 7. The quantitative estimate of drug-likeness (QED) is 0.498. The molecule has 0 amide bonds. The Bertz CT molecular complexity index is 1020. The number of rotatable bonds is 6. The lowest BCUT2D eigenvalue weighted by Crippen LogP contribution is -1.98. The number of benzene rings is 2. The molecule has 7 heteroatoms. The molecule has 0 aliphatic carbocycles. The van der Waals surface area contributed by atoms with Gasteiger partial charge in [-0.3, -0.25) is 0 Å². The van der Waals surface area contributed by atoms with E-state index >= 15 is 0 Å². The van der Waals surface area contributed by atoms with Crippen LogP contribution in [-0.2, 0) is 0 Å². The summed E-state index contributed by atoms with van der Waals surface area (Å²) >= 11 is 0. The highest BCUT2D eigenvalue weighted by Gasteiger charge is 2.04. The van der Waals surface area contributed by atoms with E-state index in [0.717, 1.165) is 22.9 Å². The molecule has 134 valence electrons. The van der Waals surface area contributed by atoms with Gasteiger partial charge >= 0.3 is 0 Å². The van der Waals surface area contributed by atoms with Gasteiger partial charge in [0.15, 0.2) is 5.82 Å². The van der Waals surface area contributed by atoms with Crippen molar-refractivity contribution in [1.29, 1.82) is 0 Å². The summed E-state index contributed by atoms with van der Waals surface area (Å²) < 4.78 is 10.8. The van der Waals surface area contributed by atoms with Crippen LogP contribution in [0.25, 0.3) is 0 Å². The predicted octanol–water partition coefficient (Wildman–Crippen LogP) is 5.05. The van der Waals surface area contributed by atoms with Crippen LogP contribution in [0.5, 0.6) is 11.5 Å². The van der Waals surface area contributed by atoms with Crippen LogP contribution in [0.1, 0.15) is 5.76 Å². The van der Waals surface area contributed by atoms with E-state index in [-0.39, 0.29) is 0 Å². The van der Waals surface area contributed by atoms with E-state index in [2.05, 4.69) is 25.8 Å². The second-order valence-electron chi connectivity index (χ2n) is 5.80. The lowest BCUT2D eigenvalue weighted by atomic mass is 10.3. The number of aromatic nitrogens is 3. The second kappa shape index (κ2) is 7.57. The van der Waals surface area contributed by atoms with E-state index in [1.165, 1.54) is 6.33 Å². The fraction of sp³-hybridized carbons (Fsp3) is 0.0500. The van der Waals surface area contributed by atoms with Crippen LogP contribution in [0.3, 0.4) is 0 Å². The smallest absolute Gasteiger partial charge is 0.175 e. The molecule has 2 aromatic carbocycles. The number of anilines is 4. The van der Waals surface area contributed by atoms with E-state index in [1.54, 1.807) is 12.1 Å². The number of nitrogens with one attached hydrogen (secondary N) is 2. The fourth-order valence-electron chi connectivity index (χ4n) is 2.43. The molecule has 0 aliphatic heterocycles. The van der Waals surface area contributed by atoms with Crippen molar-refractivity contribution < 1.29 is 9.26 Å². The Morgan fingerprint density at radius 2 is 1.48 bits per heavy atom. The molecule has 0 saturated carbocycles. The normalized spacial score (nSPS) is 10.4. The van der Waals surface area contributed by atoms with Crippen LogP contribution in [0.15, 0.2) is 77.6 Å². The number of hydrogen-bond donors (Lipinski definition) is 2. The monoisotopic (exact) mass is 359 g/mol. The summed E-state index contributed by atoms with van der Waals surface area (Å²) in [6.07, 6.45) is 1.48. The fourth-order valence-corrected chi connectivity index (χ4v) is 2.43. The van der Waals surface area contributed by atoms with Crippen LogP contribution >= 0.6 is 0 Å². The minimum atomic E-state index is 0.597. The maximum atomic E-state index is 5.79. The molecule has 7 nitrogen and oxygen atoms in total. The summed E-state index contributed by atoms with van der Waals surface area (Å²) in [5.41, 5.74) is 0.886. The minimum Gasteiger partial charge on any atom is -0.457 e. The molecule has 2 N–H and O–H groups in total. The molecule has 0 spiro atoms. The van der Waals surface area contributed by atoms with Gasteiger partial charge in [-0.2, -0.15) is 0 Å². The molecule has 2 aromatic heterocycles. The summed E-state index contributed by atoms with van der Waals surface area (Å²) in [5.74, 6) is 4.16. The molecule has 0 saturated heterocycles. The van der Waals surface area contributed by atoms with Crippen LogP contribution in [0, 0.1) is 6.92 Å². The zero-order valence-electron chi connectivity index (χ0n) is 14.6. The average Bonchev–Trinajstić information content (AvgIpc) is 3.09. The molecule has 0 atom stereocenters. The lowest BCUT2D eigenvalue weighted by Gasteiger charge is -2.09. The van der Waals surface area contributed by atoms with Crippen LogP contribution in [-0.4, -0.2) is 15.1 Å². The van der Waals surface area contributed by atoms with Crippen molar-refractivity contribution in [1.82, 2.24) is 15.1 Å². The predicted molar refractivity (Wildman–Crippen MR) is 103 cm³/mol. The van der Waals surface area contributed by atoms with Crippen molar-refractivity contribution in [3.05, 3.63) is 78.8 Å². The third-order valence-electron chi connectivity index (χ3n) is 3.66. The van der Waals surface area contributed by atoms with Crippen molar-refractivity contribution in [3.8, 4) is 11.5 Å². The molecule has 4 aromatic rings. The topological polar surface area (TPSA) is 85.1 Å². The summed E-state index contributed by atoms with van der Waals surface area (Å²) in [6.45, 7) is 1.83. The first kappa shape index (κ1) is 16.6. The van der Waals surface area contributed by atoms with Gasteiger partial charge in [-0.1, -0.05) is 23.4 Å². The van der Waals surface area contributed by atoms with Crippen molar-refractivity contribution in [2.45, 2.75) is 6.92 Å². The minimum absolute atomic E-state index is 0.597. The maximum absolute atomic E-state index is 5.79. The van der Waals surface area contributed by atoms with Gasteiger partial charge < -0.3 is 19.9 Å². The number of nitrogens with zero attached hydrogens (tertiary/aromatic N) is 3. The molecular formula is C20H17N5O2. The molecule has 0 unspecified atom stereocenters. The number of para-hydroxylation sites is 1. The largest absolute Gasteiger partial charge is 0.457 e. The van der Waals surface area contributed by atoms with Crippen LogP contribution < -0.4 is 15.4 Å². The zero-order valence-corrected chi connectivity index (χ0v) is 14.6. The lowest BCUT2D eigenvalue weighted by molar-refractivity contribution is 0.400. The maximum Gasteiger partial charge on any atom is 0.175 e. The molecule has 27 heavy (non-hydrogen) atoms. The Balaban J connectivity index is 1.42. The Labute approximate surface area is 156 Å². The SMILES string of the molecule is Cc1cc(Nc2cc(Nc3ccc(Oc4ccccc4)cc3)ncn2)no1. The zero-order chi connectivity index (χ0) is 18.5. The summed E-state index contributed by atoms with van der Waals surface area (Å²) in [7, 11) is 0. The van der Waals surface area contributed by atoms with Gasteiger partial charge in [0.1, 0.15) is 35.2 Å². The molecular weight excluding hydrogens is 342 g/mol. The third-order valence-corrected chi connectivity index (χ3v) is 3.66. The van der Waals surface area contributed by atoms with Crippen molar-refractivity contribution in [2.75, 3.05) is 10.6 Å².